The van der Waals surface area contributed by atoms with Crippen LogP contribution >= 0.6 is 0 Å². The smallest absolute Gasteiger partial charge is 0.240 e. The number of ether oxygens (including phenoxy) is 1. The van der Waals surface area contributed by atoms with Crippen LogP contribution in [0.3, 0.4) is 0 Å². The predicted molar refractivity (Wildman–Crippen MR) is 138 cm³/mol. The van der Waals surface area contributed by atoms with Gasteiger partial charge in [-0.15, -0.1) is 0 Å². The molecule has 37 heavy (non-hydrogen) atoms. The Morgan fingerprint density at radius 1 is 1.14 bits per heavy atom. The summed E-state index contributed by atoms with van der Waals surface area (Å²) >= 11 is 0. The van der Waals surface area contributed by atoms with Crippen LogP contribution in [0.5, 0.6) is 0 Å². The minimum absolute atomic E-state index is 0.119. The van der Waals surface area contributed by atoms with Crippen LogP contribution in [0.1, 0.15) is 46.0 Å². The SMILES string of the molecule is Cc1ccccc1C1=CC=CC(c2noc(CN3CCOCC3)n2)(c2nc3cc(C=O)ccc3o2)C1C. The van der Waals surface area contributed by atoms with E-state index in [2.05, 4.69) is 42.1 Å². The summed E-state index contributed by atoms with van der Waals surface area (Å²) in [5, 5.41) is 4.48. The Bertz CT molecular complexity index is 1510. The molecule has 1 saturated heterocycles. The largest absolute Gasteiger partial charge is 0.439 e. The van der Waals surface area contributed by atoms with Crippen LogP contribution in [-0.2, 0) is 16.7 Å². The van der Waals surface area contributed by atoms with Gasteiger partial charge in [0.2, 0.25) is 11.8 Å². The standard InChI is InChI=1S/C29H28N4O4/c1-19-6-3-4-7-22(19)23-8-5-11-29(20(23)2,28-30-24-16-21(18-34)9-10-25(24)36-28)27-31-26(37-32-27)17-33-12-14-35-15-13-33/h3-11,16,18,20H,12-15,17H2,1-2H3. The third kappa shape index (κ3) is 4.12. The van der Waals surface area contributed by atoms with Crippen molar-refractivity contribution in [1.82, 2.24) is 20.0 Å². The Labute approximate surface area is 214 Å². The topological polar surface area (TPSA) is 94.5 Å². The Hall–Kier alpha value is -3.88. The number of hydrogen-bond donors (Lipinski definition) is 0. The number of hydrogen-bond acceptors (Lipinski definition) is 8. The van der Waals surface area contributed by atoms with Crippen molar-refractivity contribution in [2.45, 2.75) is 25.8 Å². The van der Waals surface area contributed by atoms with Gasteiger partial charge in [-0.2, -0.15) is 4.98 Å². The zero-order valence-corrected chi connectivity index (χ0v) is 20.9. The molecule has 1 fully saturated rings. The molecule has 8 nitrogen and oxygen atoms in total. The van der Waals surface area contributed by atoms with Gasteiger partial charge in [0.25, 0.3) is 0 Å². The molecule has 3 heterocycles. The quantitative estimate of drug-likeness (QED) is 0.353. The molecule has 8 heteroatoms. The normalized spacial score (nSPS) is 22.3. The summed E-state index contributed by atoms with van der Waals surface area (Å²) in [7, 11) is 0. The highest BCUT2D eigenvalue weighted by Gasteiger charge is 2.49. The predicted octanol–water partition coefficient (Wildman–Crippen LogP) is 4.74. The highest BCUT2D eigenvalue weighted by atomic mass is 16.5. The first-order chi connectivity index (χ1) is 18.1. The van der Waals surface area contributed by atoms with Crippen molar-refractivity contribution in [2.75, 3.05) is 26.3 Å². The number of oxazole rings is 1. The molecule has 0 radical (unpaired) electrons. The number of benzene rings is 2. The van der Waals surface area contributed by atoms with Crippen molar-refractivity contribution in [1.29, 1.82) is 0 Å². The minimum atomic E-state index is -0.903. The number of rotatable bonds is 6. The highest BCUT2D eigenvalue weighted by Crippen LogP contribution is 2.48. The van der Waals surface area contributed by atoms with E-state index in [4.69, 9.17) is 23.6 Å². The fourth-order valence-corrected chi connectivity index (χ4v) is 5.31. The van der Waals surface area contributed by atoms with Crippen molar-refractivity contribution < 1.29 is 18.5 Å². The third-order valence-corrected chi connectivity index (χ3v) is 7.44. The van der Waals surface area contributed by atoms with E-state index >= 15 is 0 Å². The van der Waals surface area contributed by atoms with E-state index < -0.39 is 5.41 Å². The van der Waals surface area contributed by atoms with Crippen molar-refractivity contribution in [3.8, 4) is 0 Å². The van der Waals surface area contributed by atoms with E-state index in [9.17, 15) is 4.79 Å². The van der Waals surface area contributed by atoms with Gasteiger partial charge < -0.3 is 13.7 Å². The van der Waals surface area contributed by atoms with Crippen LogP contribution in [0.15, 0.2) is 69.6 Å². The molecule has 0 amide bonds. The summed E-state index contributed by atoms with van der Waals surface area (Å²) in [6.45, 7) is 7.85. The van der Waals surface area contributed by atoms with Crippen LogP contribution < -0.4 is 0 Å². The number of fused-ring (bicyclic) bond motifs is 1. The van der Waals surface area contributed by atoms with Crippen molar-refractivity contribution in [2.24, 2.45) is 5.92 Å². The van der Waals surface area contributed by atoms with E-state index in [1.165, 1.54) is 5.56 Å². The van der Waals surface area contributed by atoms with Gasteiger partial charge in [-0.1, -0.05) is 54.6 Å². The first kappa shape index (κ1) is 23.5. The lowest BCUT2D eigenvalue weighted by Crippen LogP contribution is -2.37. The number of carbonyl (C=O) groups excluding carboxylic acids is 1. The summed E-state index contributed by atoms with van der Waals surface area (Å²) in [6, 6.07) is 13.6. The monoisotopic (exact) mass is 496 g/mol. The average molecular weight is 497 g/mol. The number of aryl methyl sites for hydroxylation is 1. The fraction of sp³-hybridized carbons (Fsp3) is 0.310. The van der Waals surface area contributed by atoms with Crippen molar-refractivity contribution in [3.63, 3.8) is 0 Å². The molecule has 1 aliphatic carbocycles. The molecular weight excluding hydrogens is 468 g/mol. The number of allylic oxidation sites excluding steroid dienone is 4. The number of nitrogens with zero attached hydrogens (tertiary/aromatic N) is 4. The van der Waals surface area contributed by atoms with Gasteiger partial charge in [-0.3, -0.25) is 9.69 Å². The first-order valence-electron chi connectivity index (χ1n) is 12.5. The van der Waals surface area contributed by atoms with Crippen molar-refractivity contribution in [3.05, 3.63) is 95.0 Å². The van der Waals surface area contributed by atoms with Crippen LogP contribution in [0, 0.1) is 12.8 Å². The van der Waals surface area contributed by atoms with E-state index in [-0.39, 0.29) is 5.92 Å². The van der Waals surface area contributed by atoms with Crippen molar-refractivity contribution >= 4 is 23.0 Å². The zero-order chi connectivity index (χ0) is 25.4. The lowest BCUT2D eigenvalue weighted by atomic mass is 9.67. The molecule has 0 spiro atoms. The van der Waals surface area contributed by atoms with Gasteiger partial charge in [0, 0.05) is 24.6 Å². The molecule has 4 aromatic rings. The number of aldehydes is 1. The van der Waals surface area contributed by atoms with Crippen LogP contribution in [-0.4, -0.2) is 52.6 Å². The molecule has 2 atom stereocenters. The molecule has 2 aromatic carbocycles. The number of carbonyl (C=O) groups is 1. The number of aromatic nitrogens is 3. The van der Waals surface area contributed by atoms with Gasteiger partial charge in [0.15, 0.2) is 11.4 Å². The zero-order valence-electron chi connectivity index (χ0n) is 20.9. The molecule has 0 bridgehead atoms. The maximum Gasteiger partial charge on any atom is 0.240 e. The summed E-state index contributed by atoms with van der Waals surface area (Å²) in [4.78, 5) is 23.4. The summed E-state index contributed by atoms with van der Waals surface area (Å²) in [5.41, 5.74) is 4.32. The Morgan fingerprint density at radius 2 is 1.97 bits per heavy atom. The maximum absolute atomic E-state index is 11.4. The molecule has 1 aliphatic heterocycles. The molecule has 2 aliphatic rings. The third-order valence-electron chi connectivity index (χ3n) is 7.44. The Balaban J connectivity index is 1.47. The Kier molecular flexibility index (Phi) is 6.06. The molecule has 0 N–H and O–H groups in total. The fourth-order valence-electron chi connectivity index (χ4n) is 5.31. The highest BCUT2D eigenvalue weighted by molar-refractivity contribution is 5.84. The van der Waals surface area contributed by atoms with Crippen LogP contribution in [0.25, 0.3) is 16.7 Å². The van der Waals surface area contributed by atoms with Crippen LogP contribution in [0.4, 0.5) is 0 Å². The lowest BCUT2D eigenvalue weighted by molar-refractivity contribution is 0.0297. The van der Waals surface area contributed by atoms with E-state index in [1.54, 1.807) is 18.2 Å². The summed E-state index contributed by atoms with van der Waals surface area (Å²) < 4.78 is 17.6. The molecule has 188 valence electrons. The van der Waals surface area contributed by atoms with E-state index in [0.29, 0.717) is 54.0 Å². The first-order valence-corrected chi connectivity index (χ1v) is 12.5. The van der Waals surface area contributed by atoms with Gasteiger partial charge in [-0.05, 0) is 41.8 Å². The second-order valence-corrected chi connectivity index (χ2v) is 9.65. The summed E-state index contributed by atoms with van der Waals surface area (Å²) in [5.74, 6) is 1.39. The Morgan fingerprint density at radius 3 is 2.78 bits per heavy atom. The molecule has 2 unspecified atom stereocenters. The molecule has 0 saturated carbocycles. The second-order valence-electron chi connectivity index (χ2n) is 9.65. The number of morpholine rings is 1. The van der Waals surface area contributed by atoms with Gasteiger partial charge in [0.1, 0.15) is 17.2 Å². The molecule has 6 rings (SSSR count). The summed E-state index contributed by atoms with van der Waals surface area (Å²) in [6.07, 6.45) is 7.01. The van der Waals surface area contributed by atoms with Gasteiger partial charge in [-0.25, -0.2) is 4.98 Å². The van der Waals surface area contributed by atoms with Crippen LogP contribution in [0.2, 0.25) is 0 Å². The van der Waals surface area contributed by atoms with Gasteiger partial charge in [0.05, 0.1) is 19.8 Å². The average Bonchev–Trinajstić information content (AvgIpc) is 3.57. The van der Waals surface area contributed by atoms with E-state index in [0.717, 1.165) is 30.5 Å². The minimum Gasteiger partial charge on any atom is -0.439 e. The second kappa shape index (κ2) is 9.53. The van der Waals surface area contributed by atoms with Gasteiger partial charge >= 0.3 is 0 Å². The maximum atomic E-state index is 11.4. The molecular formula is C29H28N4O4. The lowest BCUT2D eigenvalue weighted by Gasteiger charge is -2.35. The molecule has 2 aromatic heterocycles. The van der Waals surface area contributed by atoms with E-state index in [1.807, 2.05) is 24.3 Å².